The van der Waals surface area contributed by atoms with Gasteiger partial charge in [0.2, 0.25) is 0 Å². The number of thiazole rings is 1. The Bertz CT molecular complexity index is 406. The fourth-order valence-corrected chi connectivity index (χ4v) is 1.97. The first-order chi connectivity index (χ1) is 8.67. The number of methoxy groups -OCH3 is 1. The second-order valence-electron chi connectivity index (χ2n) is 3.36. The third-order valence-corrected chi connectivity index (χ3v) is 2.97. The van der Waals surface area contributed by atoms with Gasteiger partial charge in [0.1, 0.15) is 4.88 Å². The Labute approximate surface area is 109 Å². The number of nitrogens with one attached hydrogen (secondary N) is 1. The van der Waals surface area contributed by atoms with Crippen LogP contribution in [-0.2, 0) is 14.3 Å². The fraction of sp³-hybridized carbons (Fsp3) is 0.545. The number of aromatic nitrogens is 1. The summed E-state index contributed by atoms with van der Waals surface area (Å²) in [6.07, 6.45) is 2.49. The van der Waals surface area contributed by atoms with Crippen molar-refractivity contribution in [3.63, 3.8) is 0 Å². The summed E-state index contributed by atoms with van der Waals surface area (Å²) in [4.78, 5) is 26.7. The molecule has 0 fully saturated rings. The van der Waals surface area contributed by atoms with Crippen molar-refractivity contribution in [2.24, 2.45) is 0 Å². The Balaban J connectivity index is 2.25. The summed E-state index contributed by atoms with van der Waals surface area (Å²) >= 11 is 1.22. The van der Waals surface area contributed by atoms with Gasteiger partial charge in [-0.25, -0.2) is 9.78 Å². The fourth-order valence-electron chi connectivity index (χ4n) is 1.21. The van der Waals surface area contributed by atoms with Crippen LogP contribution in [0.25, 0.3) is 0 Å². The molecule has 18 heavy (non-hydrogen) atoms. The topological polar surface area (TPSA) is 77.5 Å². The molecule has 0 bridgehead atoms. The number of hydrogen-bond donors (Lipinski definition) is 1. The highest BCUT2D eigenvalue weighted by atomic mass is 32.1. The lowest BCUT2D eigenvalue weighted by molar-refractivity contribution is -0.143. The van der Waals surface area contributed by atoms with E-state index in [1.54, 1.807) is 6.92 Å². The molecule has 1 aromatic heterocycles. The van der Waals surface area contributed by atoms with E-state index in [0.717, 1.165) is 0 Å². The molecule has 1 rings (SSSR count). The first kappa shape index (κ1) is 14.4. The summed E-state index contributed by atoms with van der Waals surface area (Å²) in [6, 6.07) is 0. The summed E-state index contributed by atoms with van der Waals surface area (Å²) in [5, 5.41) is 3.67. The zero-order valence-corrected chi connectivity index (χ0v) is 11.2. The maximum absolute atomic E-state index is 11.2. The van der Waals surface area contributed by atoms with E-state index in [0.29, 0.717) is 36.0 Å². The van der Waals surface area contributed by atoms with Gasteiger partial charge in [-0.15, -0.1) is 0 Å². The molecule has 100 valence electrons. The summed E-state index contributed by atoms with van der Waals surface area (Å²) in [7, 11) is 1.33. The maximum atomic E-state index is 11.2. The number of ether oxygens (including phenoxy) is 2. The van der Waals surface area contributed by atoms with Crippen molar-refractivity contribution < 1.29 is 19.1 Å². The number of carbonyl (C=O) groups excluding carboxylic acids is 2. The van der Waals surface area contributed by atoms with Gasteiger partial charge in [0.15, 0.2) is 5.13 Å². The molecule has 7 heteroatoms. The highest BCUT2D eigenvalue weighted by Crippen LogP contribution is 2.18. The van der Waals surface area contributed by atoms with Gasteiger partial charge in [0, 0.05) is 13.0 Å². The van der Waals surface area contributed by atoms with Gasteiger partial charge in [0.05, 0.1) is 19.9 Å². The largest absolute Gasteiger partial charge is 0.466 e. The number of hydrogen-bond acceptors (Lipinski definition) is 7. The average molecular weight is 272 g/mol. The lowest BCUT2D eigenvalue weighted by Gasteiger charge is -2.02. The molecule has 0 unspecified atom stereocenters. The molecule has 0 saturated heterocycles. The van der Waals surface area contributed by atoms with Crippen LogP contribution in [-0.4, -0.2) is 37.2 Å². The second kappa shape index (κ2) is 7.65. The van der Waals surface area contributed by atoms with Gasteiger partial charge in [-0.2, -0.15) is 0 Å². The van der Waals surface area contributed by atoms with Crippen LogP contribution in [0.3, 0.4) is 0 Å². The van der Waals surface area contributed by atoms with Gasteiger partial charge in [-0.05, 0) is 13.3 Å². The summed E-state index contributed by atoms with van der Waals surface area (Å²) in [6.45, 7) is 2.79. The third kappa shape index (κ3) is 4.70. The van der Waals surface area contributed by atoms with Gasteiger partial charge < -0.3 is 14.8 Å². The zero-order valence-electron chi connectivity index (χ0n) is 10.4. The molecule has 0 aromatic carbocycles. The molecule has 0 aliphatic rings. The van der Waals surface area contributed by atoms with Crippen molar-refractivity contribution in [3.05, 3.63) is 11.1 Å². The van der Waals surface area contributed by atoms with Gasteiger partial charge in [-0.3, -0.25) is 4.79 Å². The molecule has 0 aliphatic carbocycles. The Morgan fingerprint density at radius 3 is 2.94 bits per heavy atom. The van der Waals surface area contributed by atoms with Crippen LogP contribution in [0.4, 0.5) is 5.13 Å². The molecule has 1 aromatic rings. The number of carbonyl (C=O) groups is 2. The Kier molecular flexibility index (Phi) is 6.13. The van der Waals surface area contributed by atoms with Crippen molar-refractivity contribution in [1.82, 2.24) is 4.98 Å². The van der Waals surface area contributed by atoms with E-state index in [2.05, 4.69) is 15.0 Å². The standard InChI is InChI=1S/C11H16N2O4S/c1-3-17-9(14)5-4-6-12-11-13-7-8(18-11)10(15)16-2/h7H,3-6H2,1-2H3,(H,12,13). The Hall–Kier alpha value is -1.63. The number of nitrogens with zero attached hydrogens (tertiary/aromatic N) is 1. The number of rotatable bonds is 7. The van der Waals surface area contributed by atoms with Gasteiger partial charge in [-0.1, -0.05) is 11.3 Å². The van der Waals surface area contributed by atoms with Crippen LogP contribution in [0.1, 0.15) is 29.4 Å². The van der Waals surface area contributed by atoms with Crippen molar-refractivity contribution in [2.45, 2.75) is 19.8 Å². The lowest BCUT2D eigenvalue weighted by atomic mass is 10.3. The van der Waals surface area contributed by atoms with Crippen molar-refractivity contribution >= 4 is 28.4 Å². The number of anilines is 1. The number of esters is 2. The maximum Gasteiger partial charge on any atom is 0.349 e. The highest BCUT2D eigenvalue weighted by Gasteiger charge is 2.10. The first-order valence-corrected chi connectivity index (χ1v) is 6.42. The minimum absolute atomic E-state index is 0.200. The predicted molar refractivity (Wildman–Crippen MR) is 67.8 cm³/mol. The van der Waals surface area contributed by atoms with E-state index >= 15 is 0 Å². The predicted octanol–water partition coefficient (Wildman–Crippen LogP) is 1.68. The molecule has 1 heterocycles. The summed E-state index contributed by atoms with van der Waals surface area (Å²) in [5.74, 6) is -0.597. The van der Waals surface area contributed by atoms with E-state index in [4.69, 9.17) is 4.74 Å². The van der Waals surface area contributed by atoms with Crippen molar-refractivity contribution in [3.8, 4) is 0 Å². The van der Waals surface area contributed by atoms with Crippen LogP contribution < -0.4 is 5.32 Å². The van der Waals surface area contributed by atoms with Crippen molar-refractivity contribution in [2.75, 3.05) is 25.6 Å². The minimum Gasteiger partial charge on any atom is -0.466 e. The van der Waals surface area contributed by atoms with Gasteiger partial charge >= 0.3 is 11.9 Å². The highest BCUT2D eigenvalue weighted by molar-refractivity contribution is 7.17. The molecular formula is C11H16N2O4S. The summed E-state index contributed by atoms with van der Waals surface area (Å²) in [5.41, 5.74) is 0. The smallest absolute Gasteiger partial charge is 0.349 e. The van der Waals surface area contributed by atoms with E-state index in [-0.39, 0.29) is 5.97 Å². The second-order valence-corrected chi connectivity index (χ2v) is 4.39. The van der Waals surface area contributed by atoms with Gasteiger partial charge in [0.25, 0.3) is 0 Å². The molecule has 0 aliphatic heterocycles. The average Bonchev–Trinajstić information content (AvgIpc) is 2.83. The molecule has 1 N–H and O–H groups in total. The molecule has 0 atom stereocenters. The molecular weight excluding hydrogens is 256 g/mol. The molecule has 0 amide bonds. The van der Waals surface area contributed by atoms with Crippen LogP contribution >= 0.6 is 11.3 Å². The molecule has 0 saturated carbocycles. The Morgan fingerprint density at radius 2 is 2.28 bits per heavy atom. The first-order valence-electron chi connectivity index (χ1n) is 5.61. The van der Waals surface area contributed by atoms with Crippen LogP contribution in [0.5, 0.6) is 0 Å². The SMILES string of the molecule is CCOC(=O)CCCNc1ncc(C(=O)OC)s1. The minimum atomic E-state index is -0.396. The molecule has 0 radical (unpaired) electrons. The van der Waals surface area contributed by atoms with Crippen LogP contribution in [0, 0.1) is 0 Å². The quantitative estimate of drug-likeness (QED) is 0.601. The van der Waals surface area contributed by atoms with E-state index in [1.165, 1.54) is 24.6 Å². The normalized spacial score (nSPS) is 9.89. The van der Waals surface area contributed by atoms with Crippen molar-refractivity contribution in [1.29, 1.82) is 0 Å². The Morgan fingerprint density at radius 1 is 1.50 bits per heavy atom. The molecule has 0 spiro atoms. The van der Waals surface area contributed by atoms with E-state index in [1.807, 2.05) is 0 Å². The molecule has 6 nitrogen and oxygen atoms in total. The monoisotopic (exact) mass is 272 g/mol. The third-order valence-electron chi connectivity index (χ3n) is 2.03. The van der Waals surface area contributed by atoms with E-state index in [9.17, 15) is 9.59 Å². The lowest BCUT2D eigenvalue weighted by Crippen LogP contribution is -2.07. The van der Waals surface area contributed by atoms with Crippen LogP contribution in [0.15, 0.2) is 6.20 Å². The summed E-state index contributed by atoms with van der Waals surface area (Å²) < 4.78 is 9.38. The van der Waals surface area contributed by atoms with Crippen LogP contribution in [0.2, 0.25) is 0 Å². The zero-order chi connectivity index (χ0) is 13.4. The van der Waals surface area contributed by atoms with E-state index < -0.39 is 5.97 Å².